The van der Waals surface area contributed by atoms with Crippen molar-refractivity contribution in [3.63, 3.8) is 0 Å². The molecule has 1 aliphatic carbocycles. The molecule has 3 atom stereocenters. The Bertz CT molecular complexity index is 247. The number of nitrogens with zero attached hydrogens (tertiary/aromatic N) is 1. The molecule has 0 aromatic heterocycles. The Morgan fingerprint density at radius 1 is 1.28 bits per heavy atom. The van der Waals surface area contributed by atoms with E-state index < -0.39 is 0 Å². The number of hydrogen-bond donors (Lipinski definition) is 1. The smallest absolute Gasteiger partial charge is 0.0416 e. The molecule has 0 bridgehead atoms. The Morgan fingerprint density at radius 3 is 2.67 bits per heavy atom. The number of nitrogens with one attached hydrogen (secondary N) is 1. The van der Waals surface area contributed by atoms with Crippen LogP contribution in [0.1, 0.15) is 66.2 Å². The van der Waals surface area contributed by atoms with Crippen LogP contribution in [0.3, 0.4) is 0 Å². The molecule has 0 aromatic carbocycles. The van der Waals surface area contributed by atoms with Gasteiger partial charge in [-0.2, -0.15) is 0 Å². The molecule has 0 saturated heterocycles. The van der Waals surface area contributed by atoms with E-state index >= 15 is 0 Å². The van der Waals surface area contributed by atoms with Crippen LogP contribution in [0, 0.1) is 11.8 Å². The molecule has 2 heteroatoms. The molecule has 0 spiro atoms. The minimum absolute atomic E-state index is 0.672. The third-order valence-electron chi connectivity index (χ3n) is 4.39. The van der Waals surface area contributed by atoms with Crippen molar-refractivity contribution in [2.24, 2.45) is 16.8 Å². The first-order valence-electron chi connectivity index (χ1n) is 7.88. The van der Waals surface area contributed by atoms with E-state index in [1.807, 2.05) is 0 Å². The Hall–Kier alpha value is -0.370. The molecule has 0 radical (unpaired) electrons. The quantitative estimate of drug-likeness (QED) is 0.679. The van der Waals surface area contributed by atoms with Crippen molar-refractivity contribution in [3.05, 3.63) is 0 Å². The summed E-state index contributed by atoms with van der Waals surface area (Å²) in [6.45, 7) is 11.2. The van der Waals surface area contributed by atoms with Gasteiger partial charge in [-0.1, -0.05) is 20.3 Å². The summed E-state index contributed by atoms with van der Waals surface area (Å²) in [5, 5.41) is 3.66. The van der Waals surface area contributed by atoms with Crippen molar-refractivity contribution >= 4 is 5.71 Å². The molecule has 1 aliphatic rings. The molecule has 1 N–H and O–H groups in total. The van der Waals surface area contributed by atoms with Gasteiger partial charge in [-0.15, -0.1) is 0 Å². The van der Waals surface area contributed by atoms with Crippen molar-refractivity contribution in [1.82, 2.24) is 5.32 Å². The average molecular weight is 252 g/mol. The van der Waals surface area contributed by atoms with Crippen molar-refractivity contribution in [1.29, 1.82) is 0 Å². The lowest BCUT2D eigenvalue weighted by Crippen LogP contribution is -2.33. The van der Waals surface area contributed by atoms with Crippen LogP contribution in [0.25, 0.3) is 0 Å². The van der Waals surface area contributed by atoms with E-state index in [-0.39, 0.29) is 0 Å². The van der Waals surface area contributed by atoms with Crippen LogP contribution in [-0.2, 0) is 0 Å². The third kappa shape index (κ3) is 5.99. The second kappa shape index (κ2) is 8.68. The molecule has 2 nitrogen and oxygen atoms in total. The summed E-state index contributed by atoms with van der Waals surface area (Å²) >= 11 is 0. The van der Waals surface area contributed by atoms with E-state index in [1.165, 1.54) is 44.4 Å². The van der Waals surface area contributed by atoms with Crippen LogP contribution < -0.4 is 5.32 Å². The van der Waals surface area contributed by atoms with E-state index in [9.17, 15) is 0 Å². The summed E-state index contributed by atoms with van der Waals surface area (Å²) < 4.78 is 0. The van der Waals surface area contributed by atoms with E-state index in [4.69, 9.17) is 4.99 Å². The maximum absolute atomic E-state index is 4.71. The van der Waals surface area contributed by atoms with Crippen LogP contribution in [0.2, 0.25) is 0 Å². The lowest BCUT2D eigenvalue weighted by atomic mass is 9.81. The lowest BCUT2D eigenvalue weighted by Gasteiger charge is -2.29. The fraction of sp³-hybridized carbons (Fsp3) is 0.938. The van der Waals surface area contributed by atoms with Gasteiger partial charge in [0.25, 0.3) is 0 Å². The first kappa shape index (κ1) is 15.7. The SMILES string of the molecule is CC/C(C)=N\CC1CCCC(CNC(C)CC)C1. The Balaban J connectivity index is 2.27. The van der Waals surface area contributed by atoms with Crippen molar-refractivity contribution in [2.45, 2.75) is 72.3 Å². The highest BCUT2D eigenvalue weighted by molar-refractivity contribution is 5.81. The largest absolute Gasteiger partial charge is 0.314 e. The van der Waals surface area contributed by atoms with E-state index in [0.29, 0.717) is 6.04 Å². The monoisotopic (exact) mass is 252 g/mol. The zero-order valence-electron chi connectivity index (χ0n) is 12.8. The Kier molecular flexibility index (Phi) is 7.57. The van der Waals surface area contributed by atoms with Crippen LogP contribution in [-0.4, -0.2) is 24.8 Å². The van der Waals surface area contributed by atoms with Crippen molar-refractivity contribution < 1.29 is 0 Å². The van der Waals surface area contributed by atoms with Gasteiger partial charge in [-0.25, -0.2) is 0 Å². The third-order valence-corrected chi connectivity index (χ3v) is 4.39. The zero-order valence-corrected chi connectivity index (χ0v) is 12.8. The minimum Gasteiger partial charge on any atom is -0.314 e. The highest BCUT2D eigenvalue weighted by Crippen LogP contribution is 2.29. The maximum Gasteiger partial charge on any atom is 0.0416 e. The normalized spacial score (nSPS) is 27.2. The van der Waals surface area contributed by atoms with E-state index in [0.717, 1.165) is 24.8 Å². The van der Waals surface area contributed by atoms with Gasteiger partial charge in [-0.3, -0.25) is 4.99 Å². The first-order valence-corrected chi connectivity index (χ1v) is 7.88. The number of aliphatic imine (C=N–C) groups is 1. The van der Waals surface area contributed by atoms with E-state index in [2.05, 4.69) is 33.0 Å². The van der Waals surface area contributed by atoms with Gasteiger partial charge in [0, 0.05) is 18.3 Å². The molecular formula is C16H32N2. The molecule has 0 heterocycles. The van der Waals surface area contributed by atoms with Gasteiger partial charge < -0.3 is 5.32 Å². The second-order valence-corrected chi connectivity index (χ2v) is 6.05. The van der Waals surface area contributed by atoms with Gasteiger partial charge in [-0.05, 0) is 64.3 Å². The van der Waals surface area contributed by atoms with Crippen LogP contribution in [0.15, 0.2) is 4.99 Å². The van der Waals surface area contributed by atoms with E-state index in [1.54, 1.807) is 0 Å². The first-order chi connectivity index (χ1) is 8.65. The molecule has 0 amide bonds. The standard InChI is InChI=1S/C16H32N2/c1-5-13(3)17-11-15-8-7-9-16(10-15)12-18-14(4)6-2/h13,15-17H,5-12H2,1-4H3/b18-14-. The lowest BCUT2D eigenvalue weighted by molar-refractivity contribution is 0.258. The van der Waals surface area contributed by atoms with Gasteiger partial charge >= 0.3 is 0 Å². The molecule has 1 fully saturated rings. The van der Waals surface area contributed by atoms with Gasteiger partial charge in [0.05, 0.1) is 0 Å². The van der Waals surface area contributed by atoms with Gasteiger partial charge in [0.2, 0.25) is 0 Å². The summed E-state index contributed by atoms with van der Waals surface area (Å²) in [6, 6.07) is 0.672. The Morgan fingerprint density at radius 2 is 2.00 bits per heavy atom. The second-order valence-electron chi connectivity index (χ2n) is 6.05. The van der Waals surface area contributed by atoms with Gasteiger partial charge in [0.1, 0.15) is 0 Å². The van der Waals surface area contributed by atoms with Crippen LogP contribution in [0.4, 0.5) is 0 Å². The Labute approximate surface area is 114 Å². The molecular weight excluding hydrogens is 220 g/mol. The highest BCUT2D eigenvalue weighted by atomic mass is 14.9. The molecule has 3 unspecified atom stereocenters. The summed E-state index contributed by atoms with van der Waals surface area (Å²) in [5.74, 6) is 1.72. The molecule has 1 rings (SSSR count). The summed E-state index contributed by atoms with van der Waals surface area (Å²) in [7, 11) is 0. The fourth-order valence-electron chi connectivity index (χ4n) is 2.66. The summed E-state index contributed by atoms with van der Waals surface area (Å²) in [5.41, 5.74) is 1.31. The zero-order chi connectivity index (χ0) is 13.4. The topological polar surface area (TPSA) is 24.4 Å². The maximum atomic E-state index is 4.71. The van der Waals surface area contributed by atoms with Crippen molar-refractivity contribution in [2.75, 3.05) is 13.1 Å². The van der Waals surface area contributed by atoms with Gasteiger partial charge in [0.15, 0.2) is 0 Å². The molecule has 0 aliphatic heterocycles. The number of hydrogen-bond acceptors (Lipinski definition) is 2. The summed E-state index contributed by atoms with van der Waals surface area (Å²) in [4.78, 5) is 4.71. The molecule has 18 heavy (non-hydrogen) atoms. The van der Waals surface area contributed by atoms with Crippen LogP contribution in [0.5, 0.6) is 0 Å². The average Bonchev–Trinajstić information content (AvgIpc) is 2.42. The highest BCUT2D eigenvalue weighted by Gasteiger charge is 2.21. The summed E-state index contributed by atoms with van der Waals surface area (Å²) in [6.07, 6.45) is 7.92. The molecule has 106 valence electrons. The minimum atomic E-state index is 0.672. The predicted octanol–water partition coefficient (Wildman–Crippen LogP) is 4.05. The van der Waals surface area contributed by atoms with Crippen molar-refractivity contribution in [3.8, 4) is 0 Å². The van der Waals surface area contributed by atoms with Crippen LogP contribution >= 0.6 is 0 Å². The molecule has 1 saturated carbocycles. The fourth-order valence-corrected chi connectivity index (χ4v) is 2.66. The molecule has 0 aromatic rings. The number of rotatable bonds is 7. The predicted molar refractivity (Wildman–Crippen MR) is 81.5 cm³/mol.